The van der Waals surface area contributed by atoms with Crippen LogP contribution in [0.5, 0.6) is 0 Å². The minimum atomic E-state index is 0.928. The molecule has 0 radical (unpaired) electrons. The Morgan fingerprint density at radius 3 is 3.00 bits per heavy atom. The van der Waals surface area contributed by atoms with E-state index in [1.165, 1.54) is 22.4 Å². The molecule has 1 N–H and O–H groups in total. The molecule has 2 rings (SSSR count). The van der Waals surface area contributed by atoms with E-state index < -0.39 is 0 Å². The minimum absolute atomic E-state index is 0.928. The topological polar surface area (TPSA) is 24.9 Å². The summed E-state index contributed by atoms with van der Waals surface area (Å²) in [6.45, 7) is 6.29. The summed E-state index contributed by atoms with van der Waals surface area (Å²) < 4.78 is 0. The lowest BCUT2D eigenvalue weighted by Gasteiger charge is -1.99. The summed E-state index contributed by atoms with van der Waals surface area (Å²) in [6.07, 6.45) is 3.15. The molecule has 0 aliphatic rings. The van der Waals surface area contributed by atoms with Gasteiger partial charge < -0.3 is 5.32 Å². The highest BCUT2D eigenvalue weighted by Crippen LogP contribution is 2.25. The van der Waals surface area contributed by atoms with Crippen molar-refractivity contribution in [3.63, 3.8) is 0 Å². The van der Waals surface area contributed by atoms with Crippen molar-refractivity contribution in [1.82, 2.24) is 10.3 Å². The predicted octanol–water partition coefficient (Wildman–Crippen LogP) is 3.62. The van der Waals surface area contributed by atoms with Crippen molar-refractivity contribution in [2.45, 2.75) is 26.8 Å². The lowest BCUT2D eigenvalue weighted by molar-refractivity contribution is 0.681. The molecule has 0 unspecified atom stereocenters. The molecule has 2 nitrogen and oxygen atoms in total. The summed E-state index contributed by atoms with van der Waals surface area (Å²) in [7, 11) is 0. The fraction of sp³-hybridized carbons (Fsp3) is 0.357. The predicted molar refractivity (Wildman–Crippen MR) is 74.3 cm³/mol. The second-order valence-corrected chi connectivity index (χ2v) is 5.29. The third-order valence-corrected chi connectivity index (χ3v) is 3.59. The second kappa shape index (κ2) is 5.94. The first-order chi connectivity index (χ1) is 8.29. The van der Waals surface area contributed by atoms with Gasteiger partial charge in [0.05, 0.1) is 0 Å². The van der Waals surface area contributed by atoms with E-state index in [4.69, 9.17) is 0 Å². The van der Waals surface area contributed by atoms with E-state index in [2.05, 4.69) is 48.4 Å². The van der Waals surface area contributed by atoms with E-state index in [1.54, 1.807) is 11.3 Å². The summed E-state index contributed by atoms with van der Waals surface area (Å²) in [5.74, 6) is 0. The van der Waals surface area contributed by atoms with Crippen molar-refractivity contribution >= 4 is 11.3 Å². The average Bonchev–Trinajstić information content (AvgIpc) is 2.78. The number of hydrogen-bond acceptors (Lipinski definition) is 3. The molecule has 90 valence electrons. The summed E-state index contributed by atoms with van der Waals surface area (Å²) in [5, 5.41) is 4.51. The van der Waals surface area contributed by atoms with Gasteiger partial charge in [0.1, 0.15) is 5.01 Å². The van der Waals surface area contributed by atoms with Crippen molar-refractivity contribution in [2.75, 3.05) is 6.54 Å². The molecule has 2 aromatic rings. The van der Waals surface area contributed by atoms with Crippen molar-refractivity contribution in [1.29, 1.82) is 0 Å². The maximum atomic E-state index is 4.48. The first kappa shape index (κ1) is 12.3. The molecule has 3 heteroatoms. The molecule has 0 spiro atoms. The SMILES string of the molecule is CCCNCc1cnc(-c2cccc(C)c2)s1. The van der Waals surface area contributed by atoms with Gasteiger partial charge in [-0.25, -0.2) is 4.98 Å². The lowest BCUT2D eigenvalue weighted by atomic mass is 10.1. The molecule has 1 heterocycles. The summed E-state index contributed by atoms with van der Waals surface area (Å²) >= 11 is 1.77. The Labute approximate surface area is 107 Å². The number of nitrogens with one attached hydrogen (secondary N) is 1. The molecule has 0 atom stereocenters. The van der Waals surface area contributed by atoms with Crippen LogP contribution in [0.4, 0.5) is 0 Å². The second-order valence-electron chi connectivity index (χ2n) is 4.18. The van der Waals surface area contributed by atoms with Gasteiger partial charge in [-0.1, -0.05) is 30.7 Å². The molecule has 1 aromatic carbocycles. The monoisotopic (exact) mass is 246 g/mol. The van der Waals surface area contributed by atoms with E-state index in [0.29, 0.717) is 0 Å². The Morgan fingerprint density at radius 1 is 1.35 bits per heavy atom. The number of aryl methyl sites for hydroxylation is 1. The van der Waals surface area contributed by atoms with Crippen LogP contribution in [-0.4, -0.2) is 11.5 Å². The summed E-state index contributed by atoms with van der Waals surface area (Å²) in [5.41, 5.74) is 2.50. The van der Waals surface area contributed by atoms with Gasteiger partial charge in [-0.15, -0.1) is 11.3 Å². The molecule has 0 saturated heterocycles. The van der Waals surface area contributed by atoms with Gasteiger partial charge in [0.2, 0.25) is 0 Å². The van der Waals surface area contributed by atoms with Crippen LogP contribution in [0.1, 0.15) is 23.8 Å². The first-order valence-corrected chi connectivity index (χ1v) is 6.83. The highest BCUT2D eigenvalue weighted by molar-refractivity contribution is 7.15. The van der Waals surface area contributed by atoms with Crippen LogP contribution in [0, 0.1) is 6.92 Å². The van der Waals surface area contributed by atoms with Crippen LogP contribution in [0.3, 0.4) is 0 Å². The van der Waals surface area contributed by atoms with E-state index in [0.717, 1.165) is 18.1 Å². The van der Waals surface area contributed by atoms with Crippen LogP contribution in [0.25, 0.3) is 10.6 Å². The van der Waals surface area contributed by atoms with Crippen molar-refractivity contribution < 1.29 is 0 Å². The third-order valence-electron chi connectivity index (χ3n) is 2.54. The zero-order valence-electron chi connectivity index (χ0n) is 10.4. The van der Waals surface area contributed by atoms with E-state index >= 15 is 0 Å². The van der Waals surface area contributed by atoms with E-state index in [-0.39, 0.29) is 0 Å². The highest BCUT2D eigenvalue weighted by Gasteiger charge is 2.04. The highest BCUT2D eigenvalue weighted by atomic mass is 32.1. The molecule has 0 fully saturated rings. The third kappa shape index (κ3) is 3.38. The molecule has 0 bridgehead atoms. The van der Waals surface area contributed by atoms with Gasteiger partial charge in [0.25, 0.3) is 0 Å². The van der Waals surface area contributed by atoms with Gasteiger partial charge in [-0.3, -0.25) is 0 Å². The number of aromatic nitrogens is 1. The number of rotatable bonds is 5. The van der Waals surface area contributed by atoms with Gasteiger partial charge in [0, 0.05) is 23.2 Å². The molecule has 0 aliphatic carbocycles. The Bertz CT molecular complexity index is 477. The first-order valence-electron chi connectivity index (χ1n) is 6.02. The van der Waals surface area contributed by atoms with Gasteiger partial charge in [-0.2, -0.15) is 0 Å². The van der Waals surface area contributed by atoms with Crippen LogP contribution >= 0.6 is 11.3 Å². The molecule has 0 saturated carbocycles. The Balaban J connectivity index is 2.07. The Kier molecular flexibility index (Phi) is 4.29. The lowest BCUT2D eigenvalue weighted by Crippen LogP contribution is -2.12. The molecule has 0 aliphatic heterocycles. The zero-order chi connectivity index (χ0) is 12.1. The van der Waals surface area contributed by atoms with Crippen molar-refractivity contribution in [3.05, 3.63) is 40.9 Å². The van der Waals surface area contributed by atoms with Crippen LogP contribution in [0.15, 0.2) is 30.5 Å². The van der Waals surface area contributed by atoms with E-state index in [1.807, 2.05) is 6.20 Å². The summed E-state index contributed by atoms with van der Waals surface area (Å²) in [4.78, 5) is 5.79. The molecule has 1 aromatic heterocycles. The number of nitrogens with zero attached hydrogens (tertiary/aromatic N) is 1. The van der Waals surface area contributed by atoms with E-state index in [9.17, 15) is 0 Å². The molecular formula is C14H18N2S. The maximum absolute atomic E-state index is 4.48. The zero-order valence-corrected chi connectivity index (χ0v) is 11.2. The maximum Gasteiger partial charge on any atom is 0.123 e. The summed E-state index contributed by atoms with van der Waals surface area (Å²) in [6, 6.07) is 8.50. The fourth-order valence-electron chi connectivity index (χ4n) is 1.69. The fourth-order valence-corrected chi connectivity index (χ4v) is 2.57. The van der Waals surface area contributed by atoms with Crippen LogP contribution in [-0.2, 0) is 6.54 Å². The smallest absolute Gasteiger partial charge is 0.123 e. The number of benzene rings is 1. The quantitative estimate of drug-likeness (QED) is 0.815. The molecule has 0 amide bonds. The van der Waals surface area contributed by atoms with Crippen molar-refractivity contribution in [3.8, 4) is 10.6 Å². The van der Waals surface area contributed by atoms with Gasteiger partial charge in [0.15, 0.2) is 0 Å². The Morgan fingerprint density at radius 2 is 2.24 bits per heavy atom. The van der Waals surface area contributed by atoms with Gasteiger partial charge in [-0.05, 0) is 26.0 Å². The largest absolute Gasteiger partial charge is 0.312 e. The van der Waals surface area contributed by atoms with Crippen molar-refractivity contribution in [2.24, 2.45) is 0 Å². The number of hydrogen-bond donors (Lipinski definition) is 1. The molecular weight excluding hydrogens is 228 g/mol. The van der Waals surface area contributed by atoms with Crippen LogP contribution in [0.2, 0.25) is 0 Å². The molecule has 17 heavy (non-hydrogen) atoms. The minimum Gasteiger partial charge on any atom is -0.312 e. The standard InChI is InChI=1S/C14H18N2S/c1-3-7-15-9-13-10-16-14(17-13)12-6-4-5-11(2)8-12/h4-6,8,10,15H,3,7,9H2,1-2H3. The average molecular weight is 246 g/mol. The Hall–Kier alpha value is -1.19. The number of thiazole rings is 1. The van der Waals surface area contributed by atoms with Gasteiger partial charge >= 0.3 is 0 Å². The normalized spacial score (nSPS) is 10.7. The van der Waals surface area contributed by atoms with Crippen LogP contribution < -0.4 is 5.32 Å².